The molecule has 0 bridgehead atoms. The third-order valence-electron chi connectivity index (χ3n) is 3.79. The maximum atomic E-state index is 4.88. The van der Waals surface area contributed by atoms with Crippen molar-refractivity contribution in [1.82, 2.24) is 10.3 Å². The summed E-state index contributed by atoms with van der Waals surface area (Å²) in [6.07, 6.45) is 2.17. The van der Waals surface area contributed by atoms with Gasteiger partial charge < -0.3 is 5.32 Å². The molecule has 1 aliphatic heterocycles. The molecule has 1 N–H and O–H groups in total. The van der Waals surface area contributed by atoms with Gasteiger partial charge in [-0.25, -0.2) is 0 Å². The van der Waals surface area contributed by atoms with Crippen LogP contribution < -0.4 is 5.32 Å². The molecule has 0 aliphatic carbocycles. The molecular formula is C16H20N2. The van der Waals surface area contributed by atoms with E-state index >= 15 is 0 Å². The monoisotopic (exact) mass is 240 g/mol. The SMILES string of the molecule is CC(C)c1c2c(nc3ccccc13)CCNCC2. The Balaban J connectivity index is 2.32. The molecule has 0 saturated heterocycles. The highest BCUT2D eigenvalue weighted by atomic mass is 14.9. The highest BCUT2D eigenvalue weighted by molar-refractivity contribution is 5.84. The second-order valence-electron chi connectivity index (χ2n) is 5.37. The molecule has 0 amide bonds. The van der Waals surface area contributed by atoms with E-state index in [1.54, 1.807) is 0 Å². The third-order valence-corrected chi connectivity index (χ3v) is 3.79. The Morgan fingerprint density at radius 2 is 1.89 bits per heavy atom. The quantitative estimate of drug-likeness (QED) is 0.828. The van der Waals surface area contributed by atoms with Gasteiger partial charge in [-0.15, -0.1) is 0 Å². The van der Waals surface area contributed by atoms with Crippen molar-refractivity contribution in [3.63, 3.8) is 0 Å². The van der Waals surface area contributed by atoms with Crippen LogP contribution in [0.4, 0.5) is 0 Å². The van der Waals surface area contributed by atoms with Crippen LogP contribution in [0.25, 0.3) is 10.9 Å². The van der Waals surface area contributed by atoms with Crippen molar-refractivity contribution in [2.75, 3.05) is 13.1 Å². The lowest BCUT2D eigenvalue weighted by atomic mass is 9.90. The molecule has 0 unspecified atom stereocenters. The number of aromatic nitrogens is 1. The van der Waals surface area contributed by atoms with Gasteiger partial charge in [0.2, 0.25) is 0 Å². The van der Waals surface area contributed by atoms with Gasteiger partial charge in [-0.05, 0) is 36.1 Å². The standard InChI is InChI=1S/C16H20N2/c1-11(2)16-12-5-3-4-6-14(12)18-15-8-10-17-9-7-13(15)16/h3-6,11,17H,7-10H2,1-2H3. The van der Waals surface area contributed by atoms with Gasteiger partial charge in [0.1, 0.15) is 0 Å². The molecule has 2 heterocycles. The van der Waals surface area contributed by atoms with Crippen molar-refractivity contribution in [3.8, 4) is 0 Å². The van der Waals surface area contributed by atoms with Crippen molar-refractivity contribution in [3.05, 3.63) is 41.1 Å². The number of rotatable bonds is 1. The summed E-state index contributed by atoms with van der Waals surface area (Å²) in [4.78, 5) is 4.88. The number of para-hydroxylation sites is 1. The maximum absolute atomic E-state index is 4.88. The van der Waals surface area contributed by atoms with Gasteiger partial charge in [0.25, 0.3) is 0 Å². The summed E-state index contributed by atoms with van der Waals surface area (Å²) in [5, 5.41) is 4.82. The summed E-state index contributed by atoms with van der Waals surface area (Å²) in [6.45, 7) is 6.71. The zero-order valence-electron chi connectivity index (χ0n) is 11.2. The molecule has 18 heavy (non-hydrogen) atoms. The van der Waals surface area contributed by atoms with E-state index in [-0.39, 0.29) is 0 Å². The number of hydrogen-bond acceptors (Lipinski definition) is 2. The number of nitrogens with one attached hydrogen (secondary N) is 1. The Kier molecular flexibility index (Phi) is 3.04. The first kappa shape index (κ1) is 11.7. The Morgan fingerprint density at radius 1 is 1.11 bits per heavy atom. The second kappa shape index (κ2) is 4.69. The van der Waals surface area contributed by atoms with Gasteiger partial charge in [-0.1, -0.05) is 32.0 Å². The van der Waals surface area contributed by atoms with E-state index < -0.39 is 0 Å². The van der Waals surface area contributed by atoms with Crippen molar-refractivity contribution in [1.29, 1.82) is 0 Å². The fourth-order valence-electron chi connectivity index (χ4n) is 3.02. The fourth-order valence-corrected chi connectivity index (χ4v) is 3.02. The Morgan fingerprint density at radius 3 is 2.72 bits per heavy atom. The van der Waals surface area contributed by atoms with Crippen LogP contribution in [0, 0.1) is 0 Å². The molecule has 94 valence electrons. The number of hydrogen-bond donors (Lipinski definition) is 1. The lowest BCUT2D eigenvalue weighted by molar-refractivity contribution is 0.707. The molecule has 0 spiro atoms. The fraction of sp³-hybridized carbons (Fsp3) is 0.438. The van der Waals surface area contributed by atoms with E-state index in [0.717, 1.165) is 31.4 Å². The largest absolute Gasteiger partial charge is 0.316 e. The van der Waals surface area contributed by atoms with Crippen LogP contribution in [-0.4, -0.2) is 18.1 Å². The highest BCUT2D eigenvalue weighted by Crippen LogP contribution is 2.30. The number of fused-ring (bicyclic) bond motifs is 2. The molecule has 0 fully saturated rings. The van der Waals surface area contributed by atoms with Crippen LogP contribution in [0.15, 0.2) is 24.3 Å². The van der Waals surface area contributed by atoms with Crippen molar-refractivity contribution < 1.29 is 0 Å². The van der Waals surface area contributed by atoms with Crippen LogP contribution in [0.1, 0.15) is 36.6 Å². The zero-order valence-corrected chi connectivity index (χ0v) is 11.2. The van der Waals surface area contributed by atoms with Crippen LogP contribution >= 0.6 is 0 Å². The third kappa shape index (κ3) is 1.91. The van der Waals surface area contributed by atoms with E-state index in [1.807, 2.05) is 0 Å². The zero-order chi connectivity index (χ0) is 12.5. The van der Waals surface area contributed by atoms with E-state index in [2.05, 4.69) is 43.4 Å². The summed E-state index contributed by atoms with van der Waals surface area (Å²) in [5.74, 6) is 0.560. The molecule has 1 aromatic carbocycles. The predicted octanol–water partition coefficient (Wildman–Crippen LogP) is 3.05. The van der Waals surface area contributed by atoms with Gasteiger partial charge in [0.05, 0.1) is 5.52 Å². The Hall–Kier alpha value is -1.41. The smallest absolute Gasteiger partial charge is 0.0708 e. The first-order valence-electron chi connectivity index (χ1n) is 6.88. The molecule has 0 radical (unpaired) electrons. The van der Waals surface area contributed by atoms with Crippen LogP contribution in [-0.2, 0) is 12.8 Å². The predicted molar refractivity (Wildman–Crippen MR) is 76.1 cm³/mol. The van der Waals surface area contributed by atoms with E-state index in [9.17, 15) is 0 Å². The average molecular weight is 240 g/mol. The topological polar surface area (TPSA) is 24.9 Å². The van der Waals surface area contributed by atoms with Gasteiger partial charge in [0.15, 0.2) is 0 Å². The van der Waals surface area contributed by atoms with E-state index in [4.69, 9.17) is 4.98 Å². The van der Waals surface area contributed by atoms with Gasteiger partial charge in [0, 0.05) is 24.0 Å². The van der Waals surface area contributed by atoms with E-state index in [1.165, 1.54) is 22.2 Å². The minimum Gasteiger partial charge on any atom is -0.316 e. The molecule has 2 nitrogen and oxygen atoms in total. The summed E-state index contributed by atoms with van der Waals surface area (Å²) >= 11 is 0. The molecule has 0 saturated carbocycles. The minimum absolute atomic E-state index is 0.560. The van der Waals surface area contributed by atoms with Crippen LogP contribution in [0.2, 0.25) is 0 Å². The molecule has 1 aliphatic rings. The average Bonchev–Trinajstić information content (AvgIpc) is 2.60. The van der Waals surface area contributed by atoms with Crippen LogP contribution in [0.3, 0.4) is 0 Å². The number of pyridine rings is 1. The maximum Gasteiger partial charge on any atom is 0.0708 e. The van der Waals surface area contributed by atoms with E-state index in [0.29, 0.717) is 5.92 Å². The first-order chi connectivity index (χ1) is 8.77. The number of nitrogens with zero attached hydrogens (tertiary/aromatic N) is 1. The number of benzene rings is 1. The van der Waals surface area contributed by atoms with Gasteiger partial charge in [-0.3, -0.25) is 4.98 Å². The highest BCUT2D eigenvalue weighted by Gasteiger charge is 2.18. The summed E-state index contributed by atoms with van der Waals surface area (Å²) in [7, 11) is 0. The molecule has 0 atom stereocenters. The summed E-state index contributed by atoms with van der Waals surface area (Å²) < 4.78 is 0. The van der Waals surface area contributed by atoms with Crippen molar-refractivity contribution in [2.45, 2.75) is 32.6 Å². The first-order valence-corrected chi connectivity index (χ1v) is 6.88. The van der Waals surface area contributed by atoms with Gasteiger partial charge in [-0.2, -0.15) is 0 Å². The van der Waals surface area contributed by atoms with Crippen LogP contribution in [0.5, 0.6) is 0 Å². The molecule has 3 rings (SSSR count). The second-order valence-corrected chi connectivity index (χ2v) is 5.37. The summed E-state index contributed by atoms with van der Waals surface area (Å²) in [5.41, 5.74) is 5.47. The molecule has 2 aromatic rings. The lowest BCUT2D eigenvalue weighted by Crippen LogP contribution is -2.16. The Bertz CT molecular complexity index is 573. The molecule has 1 aromatic heterocycles. The van der Waals surface area contributed by atoms with Crippen molar-refractivity contribution >= 4 is 10.9 Å². The lowest BCUT2D eigenvalue weighted by Gasteiger charge is -2.18. The molecule has 2 heteroatoms. The minimum atomic E-state index is 0.560. The van der Waals surface area contributed by atoms with Gasteiger partial charge >= 0.3 is 0 Å². The molecular weight excluding hydrogens is 220 g/mol. The Labute approximate surface area is 108 Å². The normalized spacial score (nSPS) is 15.7. The van der Waals surface area contributed by atoms with Crippen molar-refractivity contribution in [2.24, 2.45) is 0 Å². The summed E-state index contributed by atoms with van der Waals surface area (Å²) in [6, 6.07) is 8.56.